The molecule has 5 amide bonds. The number of fused-ring (bicyclic) bond motifs is 1. The number of para-hydroxylation sites is 2. The van der Waals surface area contributed by atoms with Crippen LogP contribution in [0.4, 0.5) is 40.2 Å². The highest BCUT2D eigenvalue weighted by Crippen LogP contribution is 2.36. The summed E-state index contributed by atoms with van der Waals surface area (Å²) in [7, 11) is -0.440. The number of sulfonamides is 1. The van der Waals surface area contributed by atoms with Gasteiger partial charge in [-0.1, -0.05) is 29.8 Å². The number of hydrogen-bond acceptors (Lipinski definition) is 15. The van der Waals surface area contributed by atoms with Crippen LogP contribution in [0.5, 0.6) is 5.75 Å². The molecular weight excluding hydrogens is 878 g/mol. The minimum Gasteiger partial charge on any atom is -0.494 e. The average molecular weight is 928 g/mol. The molecule has 0 spiro atoms. The second-order valence-electron chi connectivity index (χ2n) is 16.5. The molecule has 65 heavy (non-hydrogen) atoms. The van der Waals surface area contributed by atoms with E-state index < -0.39 is 39.7 Å². The van der Waals surface area contributed by atoms with Gasteiger partial charge in [-0.2, -0.15) is 4.98 Å². The van der Waals surface area contributed by atoms with Crippen molar-refractivity contribution in [3.8, 4) is 5.75 Å². The first-order chi connectivity index (χ1) is 31.2. The summed E-state index contributed by atoms with van der Waals surface area (Å²) < 4.78 is 31.5. The van der Waals surface area contributed by atoms with E-state index >= 15 is 0 Å². The topological polar surface area (TPSA) is 219 Å². The average Bonchev–Trinajstić information content (AvgIpc) is 3.54. The molecule has 3 fully saturated rings. The van der Waals surface area contributed by atoms with Crippen LogP contribution in [0.1, 0.15) is 46.4 Å². The summed E-state index contributed by atoms with van der Waals surface area (Å²) >= 11 is 6.47. The number of benzene rings is 3. The molecule has 342 valence electrons. The fraction of sp³-hybridized carbons (Fsp3) is 0.386. The smallest absolute Gasteiger partial charge is 0.264 e. The van der Waals surface area contributed by atoms with Crippen molar-refractivity contribution in [1.82, 2.24) is 30.0 Å². The third kappa shape index (κ3) is 10.00. The Labute approximate surface area is 381 Å². The lowest BCUT2D eigenvalue weighted by Gasteiger charge is -2.39. The lowest BCUT2D eigenvalue weighted by Crippen LogP contribution is -2.54. The van der Waals surface area contributed by atoms with Crippen molar-refractivity contribution in [2.24, 2.45) is 5.92 Å². The number of nitrogens with zero attached hydrogens (tertiary/aromatic N) is 7. The van der Waals surface area contributed by atoms with E-state index in [1.165, 1.54) is 23.6 Å². The molecule has 0 aliphatic carbocycles. The number of nitrogens with one attached hydrogen (secondary N) is 4. The van der Waals surface area contributed by atoms with E-state index in [0.717, 1.165) is 62.4 Å². The number of imide groups is 2. The summed E-state index contributed by atoms with van der Waals surface area (Å²) in [4.78, 5) is 80.7. The molecule has 19 nitrogen and oxygen atoms in total. The van der Waals surface area contributed by atoms with Crippen molar-refractivity contribution in [3.05, 3.63) is 83.0 Å². The molecule has 3 aromatic carbocycles. The molecule has 1 unspecified atom stereocenters. The predicted molar refractivity (Wildman–Crippen MR) is 246 cm³/mol. The van der Waals surface area contributed by atoms with Crippen LogP contribution in [-0.4, -0.2) is 141 Å². The van der Waals surface area contributed by atoms with E-state index in [1.807, 2.05) is 18.2 Å². The Morgan fingerprint density at radius 1 is 0.892 bits per heavy atom. The summed E-state index contributed by atoms with van der Waals surface area (Å²) in [6.45, 7) is 5.90. The highest BCUT2D eigenvalue weighted by molar-refractivity contribution is 7.92. The van der Waals surface area contributed by atoms with Crippen LogP contribution in [0.3, 0.4) is 0 Å². The summed E-state index contributed by atoms with van der Waals surface area (Å²) in [6, 6.07) is 16.5. The first kappa shape index (κ1) is 45.2. The van der Waals surface area contributed by atoms with Gasteiger partial charge in [-0.3, -0.25) is 43.4 Å². The van der Waals surface area contributed by atoms with Gasteiger partial charge < -0.3 is 30.5 Å². The highest BCUT2D eigenvalue weighted by Gasteiger charge is 2.46. The number of amides is 5. The molecule has 0 saturated carbocycles. The third-order valence-electron chi connectivity index (χ3n) is 12.2. The van der Waals surface area contributed by atoms with Gasteiger partial charge in [0.05, 0.1) is 60.0 Å². The molecule has 4 N–H and O–H groups in total. The number of carbonyl (C=O) groups is 5. The lowest BCUT2D eigenvalue weighted by atomic mass is 9.95. The van der Waals surface area contributed by atoms with E-state index in [1.54, 1.807) is 43.5 Å². The Morgan fingerprint density at radius 3 is 2.34 bits per heavy atom. The monoisotopic (exact) mass is 927 g/mol. The Balaban J connectivity index is 0.801. The number of carbonyl (C=O) groups excluding carboxylic acids is 5. The molecule has 1 aromatic heterocycles. The number of aromatic nitrogens is 2. The van der Waals surface area contributed by atoms with Crippen molar-refractivity contribution in [3.63, 3.8) is 0 Å². The van der Waals surface area contributed by atoms with Crippen LogP contribution in [0, 0.1) is 5.92 Å². The summed E-state index contributed by atoms with van der Waals surface area (Å²) in [5.41, 5.74) is 3.00. The first-order valence-corrected chi connectivity index (χ1v) is 23.5. The normalized spacial score (nSPS) is 18.6. The SMILES string of the molecule is COc1cc(N2CCC(CN3CCN(CC(=O)Nc4cccc5c4C(=O)N(C4CCC(=O)NC4=O)C5=O)CC3)CC2)ccc1Nc1ncc(Cl)c(Nc2ccccc2N(C)S(C)(=O)=O)n1. The zero-order chi connectivity index (χ0) is 46.0. The van der Waals surface area contributed by atoms with Crippen LogP contribution < -0.4 is 35.2 Å². The van der Waals surface area contributed by atoms with Gasteiger partial charge >= 0.3 is 0 Å². The van der Waals surface area contributed by atoms with E-state index in [4.69, 9.17) is 16.3 Å². The quantitative estimate of drug-likeness (QED) is 0.132. The van der Waals surface area contributed by atoms with Crippen LogP contribution in [0.25, 0.3) is 0 Å². The minimum atomic E-state index is -3.52. The van der Waals surface area contributed by atoms with Crippen LogP contribution in [0.15, 0.2) is 66.9 Å². The van der Waals surface area contributed by atoms with E-state index in [2.05, 4.69) is 45.9 Å². The number of ether oxygens (including phenoxy) is 1. The fourth-order valence-corrected chi connectivity index (χ4v) is 9.31. The zero-order valence-electron chi connectivity index (χ0n) is 36.2. The molecule has 3 saturated heterocycles. The van der Waals surface area contributed by atoms with Crippen LogP contribution in [-0.2, 0) is 24.4 Å². The maximum atomic E-state index is 13.4. The summed E-state index contributed by atoms with van der Waals surface area (Å²) in [6.07, 6.45) is 4.70. The van der Waals surface area contributed by atoms with Gasteiger partial charge in [0, 0.05) is 71.0 Å². The molecule has 0 bridgehead atoms. The maximum Gasteiger partial charge on any atom is 0.264 e. The molecule has 4 aliphatic heterocycles. The highest BCUT2D eigenvalue weighted by atomic mass is 35.5. The summed E-state index contributed by atoms with van der Waals surface area (Å²) in [5, 5.41) is 11.6. The molecule has 4 aliphatic rings. The molecule has 0 radical (unpaired) electrons. The maximum absolute atomic E-state index is 13.4. The van der Waals surface area contributed by atoms with Gasteiger partial charge in [0.15, 0.2) is 5.82 Å². The lowest BCUT2D eigenvalue weighted by molar-refractivity contribution is -0.136. The Morgan fingerprint density at radius 2 is 1.62 bits per heavy atom. The molecular formula is C44H50ClN11O8S. The van der Waals surface area contributed by atoms with E-state index in [-0.39, 0.29) is 58.9 Å². The zero-order valence-corrected chi connectivity index (χ0v) is 37.7. The molecule has 8 rings (SSSR count). The summed E-state index contributed by atoms with van der Waals surface area (Å²) in [5.74, 6) is -1.06. The van der Waals surface area contributed by atoms with Gasteiger partial charge in [-0.05, 0) is 61.6 Å². The van der Waals surface area contributed by atoms with E-state index in [0.29, 0.717) is 41.8 Å². The van der Waals surface area contributed by atoms with Gasteiger partial charge in [-0.25, -0.2) is 13.4 Å². The Bertz CT molecular complexity index is 2640. The first-order valence-electron chi connectivity index (χ1n) is 21.3. The number of hydrogen-bond donors (Lipinski definition) is 4. The number of anilines is 7. The van der Waals surface area contributed by atoms with E-state index in [9.17, 15) is 32.4 Å². The van der Waals surface area contributed by atoms with Crippen LogP contribution >= 0.6 is 11.6 Å². The van der Waals surface area contributed by atoms with Crippen molar-refractivity contribution in [2.45, 2.75) is 31.7 Å². The number of halogens is 1. The second-order valence-corrected chi connectivity index (χ2v) is 18.9. The second kappa shape index (κ2) is 19.0. The molecule has 5 heterocycles. The third-order valence-corrected chi connectivity index (χ3v) is 13.7. The minimum absolute atomic E-state index is 0.0210. The number of piperazine rings is 1. The molecule has 4 aromatic rings. The Hall–Kier alpha value is -6.35. The molecule has 1 atom stereocenters. The Kier molecular flexibility index (Phi) is 13.2. The number of methoxy groups -OCH3 is 1. The predicted octanol–water partition coefficient (Wildman–Crippen LogP) is 3.90. The molecule has 21 heteroatoms. The van der Waals surface area contributed by atoms with Crippen molar-refractivity contribution >= 4 is 91.4 Å². The standard InChI is InChI=1S/C44H50ClN11O8S/c1-52(65(3,62)63)34-10-5-4-8-31(34)48-40-30(45)24-46-44(51-40)49-32-12-11-28(23-36(32)64-2)55-17-15-27(16-18-55)25-53-19-21-54(22-20-53)26-38(58)47-33-9-6-7-29-39(33)43(61)56(42(29)60)35-13-14-37(57)50-41(35)59/h4-12,23-24,27,35H,13-22,25-26H2,1-3H3,(H,47,58)(H,50,57,59)(H2,46,48,49,51). The van der Waals surface area contributed by atoms with Gasteiger partial charge in [0.2, 0.25) is 33.7 Å². The number of piperidine rings is 2. The van der Waals surface area contributed by atoms with Crippen LogP contribution in [0.2, 0.25) is 5.02 Å². The largest absolute Gasteiger partial charge is 0.494 e. The van der Waals surface area contributed by atoms with Gasteiger partial charge in [0.1, 0.15) is 16.8 Å². The van der Waals surface area contributed by atoms with Crippen molar-refractivity contribution in [1.29, 1.82) is 0 Å². The van der Waals surface area contributed by atoms with Gasteiger partial charge in [0.25, 0.3) is 11.8 Å². The number of rotatable bonds is 14. The van der Waals surface area contributed by atoms with Crippen molar-refractivity contribution in [2.75, 3.05) is 97.9 Å². The fourth-order valence-electron chi connectivity index (χ4n) is 8.66. The van der Waals surface area contributed by atoms with Gasteiger partial charge in [-0.15, -0.1) is 0 Å². The van der Waals surface area contributed by atoms with Crippen molar-refractivity contribution < 1.29 is 37.1 Å².